The zero-order chi connectivity index (χ0) is 15.2. The van der Waals surface area contributed by atoms with E-state index in [1.807, 2.05) is 23.1 Å². The molecular formula is C16H24ClN3O. The molecule has 2 amide bonds. The molecule has 0 spiro atoms. The number of halogens is 1. The first kappa shape index (κ1) is 16.0. The Kier molecular flexibility index (Phi) is 5.74. The Hall–Kier alpha value is -1.42. The van der Waals surface area contributed by atoms with E-state index in [0.717, 1.165) is 49.7 Å². The van der Waals surface area contributed by atoms with E-state index in [2.05, 4.69) is 30.1 Å². The van der Waals surface area contributed by atoms with E-state index in [1.165, 1.54) is 0 Å². The summed E-state index contributed by atoms with van der Waals surface area (Å²) in [6.07, 6.45) is 1.95. The quantitative estimate of drug-likeness (QED) is 0.925. The zero-order valence-electron chi connectivity index (χ0n) is 12.8. The molecule has 0 radical (unpaired) electrons. The van der Waals surface area contributed by atoms with Gasteiger partial charge in [-0.3, -0.25) is 0 Å². The monoisotopic (exact) mass is 309 g/mol. The Morgan fingerprint density at radius 1 is 1.24 bits per heavy atom. The summed E-state index contributed by atoms with van der Waals surface area (Å²) in [5, 5.41) is 3.85. The maximum absolute atomic E-state index is 12.2. The van der Waals surface area contributed by atoms with E-state index in [4.69, 9.17) is 11.6 Å². The van der Waals surface area contributed by atoms with Crippen LogP contribution in [-0.4, -0.2) is 43.2 Å². The molecule has 2 rings (SSSR count). The van der Waals surface area contributed by atoms with Gasteiger partial charge in [0.25, 0.3) is 0 Å². The van der Waals surface area contributed by atoms with E-state index >= 15 is 0 Å². The zero-order valence-corrected chi connectivity index (χ0v) is 13.6. The average molecular weight is 310 g/mol. The van der Waals surface area contributed by atoms with Gasteiger partial charge in [-0.15, -0.1) is 0 Å². The first-order valence-electron chi connectivity index (χ1n) is 7.70. The molecular weight excluding hydrogens is 286 g/mol. The van der Waals surface area contributed by atoms with Crippen molar-refractivity contribution in [3.8, 4) is 0 Å². The summed E-state index contributed by atoms with van der Waals surface area (Å²) in [4.78, 5) is 16.4. The number of nitrogens with zero attached hydrogens (tertiary/aromatic N) is 2. The number of rotatable bonds is 4. The second-order valence-electron chi connectivity index (χ2n) is 5.42. The first-order valence-corrected chi connectivity index (χ1v) is 8.07. The molecule has 1 fully saturated rings. The summed E-state index contributed by atoms with van der Waals surface area (Å²) in [6, 6.07) is 8.22. The maximum atomic E-state index is 12.2. The van der Waals surface area contributed by atoms with Crippen LogP contribution in [0.1, 0.15) is 26.7 Å². The van der Waals surface area contributed by atoms with Gasteiger partial charge in [-0.05, 0) is 31.0 Å². The highest BCUT2D eigenvalue weighted by Gasteiger charge is 2.22. The third-order valence-electron chi connectivity index (χ3n) is 4.05. The fourth-order valence-electron chi connectivity index (χ4n) is 2.60. The smallest absolute Gasteiger partial charge is 0.317 e. The molecule has 21 heavy (non-hydrogen) atoms. The van der Waals surface area contributed by atoms with Gasteiger partial charge in [-0.25, -0.2) is 4.79 Å². The standard InChI is InChI=1S/C16H24ClN3O/c1-3-14(4-2)18-16(21)20-10-8-19(9-11-20)15-7-5-6-13(17)12-15/h5-7,12,14H,3-4,8-11H2,1-2H3,(H,18,21). The maximum Gasteiger partial charge on any atom is 0.317 e. The molecule has 4 nitrogen and oxygen atoms in total. The molecule has 0 aromatic heterocycles. The number of carbonyl (C=O) groups is 1. The minimum absolute atomic E-state index is 0.0643. The third kappa shape index (κ3) is 4.27. The summed E-state index contributed by atoms with van der Waals surface area (Å²) < 4.78 is 0. The number of anilines is 1. The number of amides is 2. The highest BCUT2D eigenvalue weighted by molar-refractivity contribution is 6.30. The lowest BCUT2D eigenvalue weighted by molar-refractivity contribution is 0.189. The predicted octanol–water partition coefficient (Wildman–Crippen LogP) is 3.36. The van der Waals surface area contributed by atoms with Crippen LogP contribution in [0.15, 0.2) is 24.3 Å². The van der Waals surface area contributed by atoms with Crippen molar-refractivity contribution in [2.24, 2.45) is 0 Å². The molecule has 0 unspecified atom stereocenters. The Balaban J connectivity index is 1.87. The Bertz CT molecular complexity index is 468. The van der Waals surface area contributed by atoms with Crippen LogP contribution in [0.3, 0.4) is 0 Å². The van der Waals surface area contributed by atoms with Crippen LogP contribution in [0.4, 0.5) is 10.5 Å². The van der Waals surface area contributed by atoms with Crippen LogP contribution >= 0.6 is 11.6 Å². The number of urea groups is 1. The van der Waals surface area contributed by atoms with Gasteiger partial charge < -0.3 is 15.1 Å². The molecule has 1 heterocycles. The highest BCUT2D eigenvalue weighted by atomic mass is 35.5. The molecule has 116 valence electrons. The molecule has 0 saturated carbocycles. The topological polar surface area (TPSA) is 35.6 Å². The van der Waals surface area contributed by atoms with Gasteiger partial charge >= 0.3 is 6.03 Å². The Labute approximate surface area is 132 Å². The Morgan fingerprint density at radius 3 is 2.48 bits per heavy atom. The average Bonchev–Trinajstić information content (AvgIpc) is 2.52. The van der Waals surface area contributed by atoms with Crippen molar-refractivity contribution >= 4 is 23.3 Å². The molecule has 1 aliphatic rings. The summed E-state index contributed by atoms with van der Waals surface area (Å²) in [5.74, 6) is 0. The molecule has 0 atom stereocenters. The van der Waals surface area contributed by atoms with Crippen LogP contribution in [0.25, 0.3) is 0 Å². The van der Waals surface area contributed by atoms with Crippen molar-refractivity contribution < 1.29 is 4.79 Å². The van der Waals surface area contributed by atoms with Crippen LogP contribution in [-0.2, 0) is 0 Å². The Morgan fingerprint density at radius 2 is 1.90 bits per heavy atom. The van der Waals surface area contributed by atoms with Gasteiger partial charge in [0.1, 0.15) is 0 Å². The SMILES string of the molecule is CCC(CC)NC(=O)N1CCN(c2cccc(Cl)c2)CC1. The number of nitrogens with one attached hydrogen (secondary N) is 1. The minimum atomic E-state index is 0.0643. The van der Waals surface area contributed by atoms with Crippen LogP contribution in [0, 0.1) is 0 Å². The van der Waals surface area contributed by atoms with Crippen molar-refractivity contribution in [2.75, 3.05) is 31.1 Å². The molecule has 1 aromatic carbocycles. The lowest BCUT2D eigenvalue weighted by atomic mass is 10.2. The molecule has 5 heteroatoms. The van der Waals surface area contributed by atoms with Gasteiger partial charge in [-0.1, -0.05) is 31.5 Å². The van der Waals surface area contributed by atoms with E-state index in [1.54, 1.807) is 0 Å². The summed E-state index contributed by atoms with van der Waals surface area (Å²) in [5.41, 5.74) is 1.13. The largest absolute Gasteiger partial charge is 0.368 e. The van der Waals surface area contributed by atoms with E-state index in [9.17, 15) is 4.79 Å². The summed E-state index contributed by atoms with van der Waals surface area (Å²) in [7, 11) is 0. The number of carbonyl (C=O) groups excluding carboxylic acids is 1. The molecule has 1 saturated heterocycles. The normalized spacial score (nSPS) is 15.4. The number of piperazine rings is 1. The van der Waals surface area contributed by atoms with Crippen LogP contribution in [0.5, 0.6) is 0 Å². The van der Waals surface area contributed by atoms with Crippen LogP contribution in [0.2, 0.25) is 5.02 Å². The molecule has 0 aliphatic carbocycles. The second kappa shape index (κ2) is 7.55. The molecule has 1 N–H and O–H groups in total. The highest BCUT2D eigenvalue weighted by Crippen LogP contribution is 2.20. The number of hydrogen-bond donors (Lipinski definition) is 1. The van der Waals surface area contributed by atoms with Crippen molar-refractivity contribution in [3.05, 3.63) is 29.3 Å². The second-order valence-corrected chi connectivity index (χ2v) is 5.85. The number of benzene rings is 1. The van der Waals surface area contributed by atoms with Crippen molar-refractivity contribution in [1.29, 1.82) is 0 Å². The fourth-order valence-corrected chi connectivity index (χ4v) is 2.78. The van der Waals surface area contributed by atoms with Gasteiger partial charge in [0, 0.05) is 42.9 Å². The minimum Gasteiger partial charge on any atom is -0.368 e. The summed E-state index contributed by atoms with van der Waals surface area (Å²) >= 11 is 6.03. The predicted molar refractivity (Wildman–Crippen MR) is 88.1 cm³/mol. The lowest BCUT2D eigenvalue weighted by Gasteiger charge is -2.36. The van der Waals surface area contributed by atoms with Gasteiger partial charge in [-0.2, -0.15) is 0 Å². The number of hydrogen-bond acceptors (Lipinski definition) is 2. The van der Waals surface area contributed by atoms with Gasteiger partial charge in [0.15, 0.2) is 0 Å². The van der Waals surface area contributed by atoms with Crippen LogP contribution < -0.4 is 10.2 Å². The van der Waals surface area contributed by atoms with E-state index in [0.29, 0.717) is 0 Å². The molecule has 0 bridgehead atoms. The van der Waals surface area contributed by atoms with Crippen molar-refractivity contribution in [1.82, 2.24) is 10.2 Å². The van der Waals surface area contributed by atoms with E-state index < -0.39 is 0 Å². The molecule has 1 aliphatic heterocycles. The summed E-state index contributed by atoms with van der Waals surface area (Å²) in [6.45, 7) is 7.39. The van der Waals surface area contributed by atoms with Crippen molar-refractivity contribution in [2.45, 2.75) is 32.7 Å². The molecule has 1 aromatic rings. The van der Waals surface area contributed by atoms with E-state index in [-0.39, 0.29) is 12.1 Å². The van der Waals surface area contributed by atoms with Gasteiger partial charge in [0.05, 0.1) is 0 Å². The first-order chi connectivity index (χ1) is 10.1. The van der Waals surface area contributed by atoms with Gasteiger partial charge in [0.2, 0.25) is 0 Å². The fraction of sp³-hybridized carbons (Fsp3) is 0.562. The third-order valence-corrected chi connectivity index (χ3v) is 4.29. The lowest BCUT2D eigenvalue weighted by Crippen LogP contribution is -2.53. The van der Waals surface area contributed by atoms with Crippen molar-refractivity contribution in [3.63, 3.8) is 0 Å².